The van der Waals surface area contributed by atoms with E-state index in [0.717, 1.165) is 11.6 Å². The molecule has 0 bridgehead atoms. The summed E-state index contributed by atoms with van der Waals surface area (Å²) in [6.07, 6.45) is 0. The second-order valence-corrected chi connectivity index (χ2v) is 5.28. The minimum atomic E-state index is -0.845. The van der Waals surface area contributed by atoms with E-state index < -0.39 is 23.3 Å². The normalized spacial score (nSPS) is 10.2. The van der Waals surface area contributed by atoms with Gasteiger partial charge in [0, 0.05) is 17.2 Å². The van der Waals surface area contributed by atoms with Crippen molar-refractivity contribution in [2.75, 3.05) is 6.61 Å². The van der Waals surface area contributed by atoms with Gasteiger partial charge in [-0.3, -0.25) is 14.9 Å². The molecule has 0 atom stereocenters. The molecular weight excluding hydrogens is 314 g/mol. The molecule has 2 aromatic rings. The molecular formula is C17H15NO6. The molecule has 2 aromatic carbocycles. The molecule has 0 heterocycles. The Morgan fingerprint density at radius 3 is 2.50 bits per heavy atom. The molecule has 0 saturated carbocycles. The van der Waals surface area contributed by atoms with E-state index in [1.807, 2.05) is 0 Å². The third-order valence-corrected chi connectivity index (χ3v) is 3.44. The van der Waals surface area contributed by atoms with Gasteiger partial charge in [-0.2, -0.15) is 0 Å². The number of benzene rings is 2. The van der Waals surface area contributed by atoms with Crippen molar-refractivity contribution in [2.45, 2.75) is 13.8 Å². The zero-order valence-corrected chi connectivity index (χ0v) is 13.1. The van der Waals surface area contributed by atoms with Crippen molar-refractivity contribution in [1.82, 2.24) is 0 Å². The van der Waals surface area contributed by atoms with E-state index in [1.165, 1.54) is 24.3 Å². The predicted molar refractivity (Wildman–Crippen MR) is 85.3 cm³/mol. The van der Waals surface area contributed by atoms with Crippen LogP contribution in [0.1, 0.15) is 31.8 Å². The molecule has 0 fully saturated rings. The van der Waals surface area contributed by atoms with E-state index >= 15 is 0 Å². The Labute approximate surface area is 137 Å². The van der Waals surface area contributed by atoms with Gasteiger partial charge in [0.2, 0.25) is 5.78 Å². The molecule has 0 spiro atoms. The van der Waals surface area contributed by atoms with Crippen LogP contribution in [-0.4, -0.2) is 28.4 Å². The van der Waals surface area contributed by atoms with Crippen LogP contribution in [-0.2, 0) is 4.74 Å². The molecule has 7 heteroatoms. The SMILES string of the molecule is Cc1ccc(C(=O)OCC(=O)c2ccc(C)c([N+](=O)[O-])c2)c(O)c1. The molecule has 0 radical (unpaired) electrons. The topological polar surface area (TPSA) is 107 Å². The fourth-order valence-electron chi connectivity index (χ4n) is 2.09. The number of carbonyl (C=O) groups excluding carboxylic acids is 2. The van der Waals surface area contributed by atoms with Crippen molar-refractivity contribution in [3.8, 4) is 5.75 Å². The summed E-state index contributed by atoms with van der Waals surface area (Å²) in [6, 6.07) is 8.47. The standard InChI is InChI=1S/C17H15NO6/c1-10-3-6-13(15(19)7-10)17(21)24-9-16(20)12-5-4-11(2)14(8-12)18(22)23/h3-8,19H,9H2,1-2H3. The van der Waals surface area contributed by atoms with Gasteiger partial charge in [-0.15, -0.1) is 0 Å². The van der Waals surface area contributed by atoms with E-state index in [1.54, 1.807) is 19.9 Å². The maximum atomic E-state index is 12.0. The average Bonchev–Trinajstić information content (AvgIpc) is 2.52. The number of nitrogens with zero attached hydrogens (tertiary/aromatic N) is 1. The summed E-state index contributed by atoms with van der Waals surface area (Å²) in [5.41, 5.74) is 1.05. The van der Waals surface area contributed by atoms with E-state index in [4.69, 9.17) is 4.74 Å². The first-order valence-corrected chi connectivity index (χ1v) is 7.04. The third kappa shape index (κ3) is 3.75. The first-order valence-electron chi connectivity index (χ1n) is 7.04. The number of hydrogen-bond donors (Lipinski definition) is 1. The van der Waals surface area contributed by atoms with Crippen LogP contribution in [0.2, 0.25) is 0 Å². The van der Waals surface area contributed by atoms with Crippen molar-refractivity contribution in [1.29, 1.82) is 0 Å². The molecule has 0 unspecified atom stereocenters. The highest BCUT2D eigenvalue weighted by Crippen LogP contribution is 2.21. The quantitative estimate of drug-likeness (QED) is 0.391. The number of phenolic OH excluding ortho intramolecular Hbond substituents is 1. The van der Waals surface area contributed by atoms with Crippen LogP contribution in [0.4, 0.5) is 5.69 Å². The Kier molecular flexibility index (Phi) is 4.93. The highest BCUT2D eigenvalue weighted by Gasteiger charge is 2.18. The Morgan fingerprint density at radius 2 is 1.88 bits per heavy atom. The van der Waals surface area contributed by atoms with Crippen molar-refractivity contribution < 1.29 is 24.4 Å². The summed E-state index contributed by atoms with van der Waals surface area (Å²) in [6.45, 7) is 2.74. The van der Waals surface area contributed by atoms with Crippen LogP contribution in [0.25, 0.3) is 0 Å². The zero-order valence-electron chi connectivity index (χ0n) is 13.1. The molecule has 0 saturated heterocycles. The summed E-state index contributed by atoms with van der Waals surface area (Å²) in [7, 11) is 0. The number of ketones is 1. The molecule has 2 rings (SSSR count). The minimum Gasteiger partial charge on any atom is -0.507 e. The fraction of sp³-hybridized carbons (Fsp3) is 0.176. The molecule has 0 aliphatic rings. The molecule has 24 heavy (non-hydrogen) atoms. The lowest BCUT2D eigenvalue weighted by molar-refractivity contribution is -0.385. The number of Topliss-reactive ketones (excluding diaryl/α,β-unsaturated/α-hetero) is 1. The van der Waals surface area contributed by atoms with Gasteiger partial charge in [0.1, 0.15) is 11.3 Å². The maximum absolute atomic E-state index is 12.0. The molecule has 7 nitrogen and oxygen atoms in total. The number of esters is 1. The number of aryl methyl sites for hydroxylation is 2. The second kappa shape index (κ2) is 6.91. The Balaban J connectivity index is 2.09. The van der Waals surface area contributed by atoms with Gasteiger partial charge in [0.05, 0.1) is 4.92 Å². The lowest BCUT2D eigenvalue weighted by atomic mass is 10.1. The Bertz CT molecular complexity index is 828. The lowest BCUT2D eigenvalue weighted by Crippen LogP contribution is -2.14. The summed E-state index contributed by atoms with van der Waals surface area (Å²) in [5.74, 6) is -1.65. The van der Waals surface area contributed by atoms with Crippen molar-refractivity contribution in [3.63, 3.8) is 0 Å². The largest absolute Gasteiger partial charge is 0.507 e. The van der Waals surface area contributed by atoms with Crippen LogP contribution in [0.5, 0.6) is 5.75 Å². The zero-order chi connectivity index (χ0) is 17.9. The lowest BCUT2D eigenvalue weighted by Gasteiger charge is -2.07. The molecule has 0 aliphatic carbocycles. The number of ether oxygens (including phenoxy) is 1. The van der Waals surface area contributed by atoms with Gasteiger partial charge in [0.15, 0.2) is 6.61 Å². The van der Waals surface area contributed by atoms with Crippen molar-refractivity contribution >= 4 is 17.4 Å². The number of nitro groups is 1. The van der Waals surface area contributed by atoms with Crippen LogP contribution < -0.4 is 0 Å². The highest BCUT2D eigenvalue weighted by molar-refractivity contribution is 6.00. The van der Waals surface area contributed by atoms with Crippen molar-refractivity contribution in [3.05, 3.63) is 68.8 Å². The average molecular weight is 329 g/mol. The van der Waals surface area contributed by atoms with E-state index in [-0.39, 0.29) is 22.6 Å². The highest BCUT2D eigenvalue weighted by atomic mass is 16.6. The van der Waals surface area contributed by atoms with Gasteiger partial charge < -0.3 is 9.84 Å². The van der Waals surface area contributed by atoms with Crippen molar-refractivity contribution in [2.24, 2.45) is 0 Å². The first-order chi connectivity index (χ1) is 11.3. The summed E-state index contributed by atoms with van der Waals surface area (Å²) >= 11 is 0. The van der Waals surface area contributed by atoms with Crippen LogP contribution >= 0.6 is 0 Å². The first kappa shape index (κ1) is 17.1. The van der Waals surface area contributed by atoms with Crippen LogP contribution in [0.3, 0.4) is 0 Å². The summed E-state index contributed by atoms with van der Waals surface area (Å²) < 4.78 is 4.88. The maximum Gasteiger partial charge on any atom is 0.342 e. The van der Waals surface area contributed by atoms with Gasteiger partial charge in [-0.05, 0) is 31.5 Å². The summed E-state index contributed by atoms with van der Waals surface area (Å²) in [4.78, 5) is 34.3. The molecule has 0 amide bonds. The van der Waals surface area contributed by atoms with Gasteiger partial charge >= 0.3 is 5.97 Å². The molecule has 0 aliphatic heterocycles. The minimum absolute atomic E-state index is 0.0525. The van der Waals surface area contributed by atoms with Gasteiger partial charge in [0.25, 0.3) is 5.69 Å². The molecule has 1 N–H and O–H groups in total. The number of rotatable bonds is 5. The smallest absolute Gasteiger partial charge is 0.342 e. The number of phenols is 1. The number of hydrogen-bond acceptors (Lipinski definition) is 6. The number of nitro benzene ring substituents is 1. The number of aromatic hydroxyl groups is 1. The van der Waals surface area contributed by atoms with E-state index in [2.05, 4.69) is 0 Å². The van der Waals surface area contributed by atoms with E-state index in [9.17, 15) is 24.8 Å². The fourth-order valence-corrected chi connectivity index (χ4v) is 2.09. The number of carbonyl (C=O) groups is 2. The van der Waals surface area contributed by atoms with Gasteiger partial charge in [-0.1, -0.05) is 18.2 Å². The molecule has 124 valence electrons. The Hall–Kier alpha value is -3.22. The predicted octanol–water partition coefficient (Wildman–Crippen LogP) is 2.96. The monoisotopic (exact) mass is 329 g/mol. The van der Waals surface area contributed by atoms with Gasteiger partial charge in [-0.25, -0.2) is 4.79 Å². The molecule has 0 aromatic heterocycles. The summed E-state index contributed by atoms with van der Waals surface area (Å²) in [5, 5.41) is 20.6. The van der Waals surface area contributed by atoms with Crippen LogP contribution in [0, 0.1) is 24.0 Å². The van der Waals surface area contributed by atoms with Crippen LogP contribution in [0.15, 0.2) is 36.4 Å². The Morgan fingerprint density at radius 1 is 1.17 bits per heavy atom. The van der Waals surface area contributed by atoms with E-state index in [0.29, 0.717) is 5.56 Å². The third-order valence-electron chi connectivity index (χ3n) is 3.44. The second-order valence-electron chi connectivity index (χ2n) is 5.28.